The Morgan fingerprint density at radius 1 is 1.62 bits per heavy atom. The minimum Gasteiger partial charge on any atom is -0.464 e. The first-order valence-corrected chi connectivity index (χ1v) is 5.45. The number of nitrogens with two attached hydrogens (primary N) is 1. The molecule has 1 aromatic heterocycles. The van der Waals surface area contributed by atoms with Gasteiger partial charge in [-0.25, -0.2) is 9.78 Å². The summed E-state index contributed by atoms with van der Waals surface area (Å²) in [6, 6.07) is 0. The molecule has 0 amide bonds. The van der Waals surface area contributed by atoms with Crippen LogP contribution in [0.1, 0.15) is 37.2 Å². The normalized spacial score (nSPS) is 10.8. The number of carbonyl (C=O) groups is 1. The molecule has 0 radical (unpaired) electrons. The molecule has 0 atom stereocenters. The van der Waals surface area contributed by atoms with E-state index in [2.05, 4.69) is 23.6 Å². The molecule has 0 unspecified atom stereocenters. The van der Waals surface area contributed by atoms with Gasteiger partial charge in [-0.2, -0.15) is 0 Å². The van der Waals surface area contributed by atoms with Gasteiger partial charge in [0.2, 0.25) is 0 Å². The molecule has 1 heterocycles. The Morgan fingerprint density at radius 2 is 2.31 bits per heavy atom. The lowest BCUT2D eigenvalue weighted by Gasteiger charge is -2.07. The smallest absolute Gasteiger partial charge is 0.360 e. The third kappa shape index (κ3) is 2.98. The van der Waals surface area contributed by atoms with Crippen molar-refractivity contribution in [3.05, 3.63) is 12.0 Å². The highest BCUT2D eigenvalue weighted by Crippen LogP contribution is 2.13. The third-order valence-electron chi connectivity index (χ3n) is 2.44. The topological polar surface area (TPSA) is 70.1 Å². The number of anilines is 1. The second kappa shape index (κ2) is 5.53. The van der Waals surface area contributed by atoms with Crippen molar-refractivity contribution in [2.75, 3.05) is 12.8 Å². The zero-order valence-electron chi connectivity index (χ0n) is 10.1. The van der Waals surface area contributed by atoms with Crippen LogP contribution in [0.4, 0.5) is 5.82 Å². The van der Waals surface area contributed by atoms with Crippen molar-refractivity contribution >= 4 is 11.8 Å². The SMILES string of the molecule is COC(=O)c1ncn(CCCC(C)C)c1N. The van der Waals surface area contributed by atoms with Crippen molar-refractivity contribution in [1.82, 2.24) is 9.55 Å². The largest absolute Gasteiger partial charge is 0.464 e. The summed E-state index contributed by atoms with van der Waals surface area (Å²) in [6.07, 6.45) is 3.74. The summed E-state index contributed by atoms with van der Waals surface area (Å²) in [5, 5.41) is 0. The molecular weight excluding hydrogens is 206 g/mol. The molecule has 2 N–H and O–H groups in total. The first-order valence-electron chi connectivity index (χ1n) is 5.45. The van der Waals surface area contributed by atoms with Crippen molar-refractivity contribution in [2.24, 2.45) is 5.92 Å². The number of carbonyl (C=O) groups excluding carboxylic acids is 1. The van der Waals surface area contributed by atoms with Crippen LogP contribution in [0, 0.1) is 5.92 Å². The number of nitrogen functional groups attached to an aromatic ring is 1. The minimum absolute atomic E-state index is 0.201. The third-order valence-corrected chi connectivity index (χ3v) is 2.44. The number of methoxy groups -OCH3 is 1. The van der Waals surface area contributed by atoms with E-state index in [4.69, 9.17) is 5.73 Å². The van der Waals surface area contributed by atoms with Crippen molar-refractivity contribution in [3.8, 4) is 0 Å². The number of hydrogen-bond donors (Lipinski definition) is 1. The first-order chi connectivity index (χ1) is 7.56. The van der Waals surface area contributed by atoms with Crippen molar-refractivity contribution in [3.63, 3.8) is 0 Å². The van der Waals surface area contributed by atoms with E-state index in [1.54, 1.807) is 10.9 Å². The predicted octanol–water partition coefficient (Wildman–Crippen LogP) is 1.69. The predicted molar refractivity (Wildman–Crippen MR) is 62.1 cm³/mol. The Kier molecular flexibility index (Phi) is 4.34. The number of nitrogens with zero attached hydrogens (tertiary/aromatic N) is 2. The lowest BCUT2D eigenvalue weighted by Crippen LogP contribution is -2.08. The summed E-state index contributed by atoms with van der Waals surface area (Å²) >= 11 is 0. The summed E-state index contributed by atoms with van der Waals surface area (Å²) < 4.78 is 6.36. The number of aryl methyl sites for hydroxylation is 1. The van der Waals surface area contributed by atoms with Crippen LogP contribution in [0.2, 0.25) is 0 Å². The van der Waals surface area contributed by atoms with E-state index in [1.165, 1.54) is 7.11 Å². The molecule has 0 bridgehead atoms. The molecular formula is C11H19N3O2. The minimum atomic E-state index is -0.486. The van der Waals surface area contributed by atoms with E-state index >= 15 is 0 Å². The standard InChI is InChI=1S/C11H19N3O2/c1-8(2)5-4-6-14-7-13-9(10(14)12)11(15)16-3/h7-8H,4-6,12H2,1-3H3. The molecule has 1 aromatic rings. The lowest BCUT2D eigenvalue weighted by molar-refractivity contribution is 0.0596. The number of aromatic nitrogens is 2. The molecule has 0 aromatic carbocycles. The Hall–Kier alpha value is -1.52. The van der Waals surface area contributed by atoms with E-state index in [0.29, 0.717) is 11.7 Å². The molecule has 0 spiro atoms. The monoisotopic (exact) mass is 225 g/mol. The van der Waals surface area contributed by atoms with E-state index in [-0.39, 0.29) is 5.69 Å². The summed E-state index contributed by atoms with van der Waals surface area (Å²) in [5.41, 5.74) is 6.00. The van der Waals surface area contributed by atoms with Gasteiger partial charge in [0.25, 0.3) is 0 Å². The fourth-order valence-corrected chi connectivity index (χ4v) is 1.49. The average molecular weight is 225 g/mol. The van der Waals surface area contributed by atoms with E-state index in [1.807, 2.05) is 0 Å². The van der Waals surface area contributed by atoms with Gasteiger partial charge in [0, 0.05) is 6.54 Å². The van der Waals surface area contributed by atoms with Crippen LogP contribution in [-0.4, -0.2) is 22.6 Å². The highest BCUT2D eigenvalue weighted by Gasteiger charge is 2.15. The van der Waals surface area contributed by atoms with Crippen LogP contribution in [0.15, 0.2) is 6.33 Å². The number of rotatable bonds is 5. The second-order valence-corrected chi connectivity index (χ2v) is 4.20. The van der Waals surface area contributed by atoms with E-state index in [9.17, 15) is 4.79 Å². The van der Waals surface area contributed by atoms with Crippen LogP contribution in [0.3, 0.4) is 0 Å². The molecule has 0 saturated carbocycles. The number of imidazole rings is 1. The van der Waals surface area contributed by atoms with Crippen LogP contribution >= 0.6 is 0 Å². The van der Waals surface area contributed by atoms with E-state index in [0.717, 1.165) is 19.4 Å². The van der Waals surface area contributed by atoms with Crippen LogP contribution in [0.25, 0.3) is 0 Å². The molecule has 1 rings (SSSR count). The molecule has 0 saturated heterocycles. The van der Waals surface area contributed by atoms with Crippen LogP contribution < -0.4 is 5.73 Å². The Labute approximate surface area is 95.6 Å². The summed E-state index contributed by atoms with van der Waals surface area (Å²) in [4.78, 5) is 15.2. The van der Waals surface area contributed by atoms with Gasteiger partial charge < -0.3 is 15.0 Å². The highest BCUT2D eigenvalue weighted by molar-refractivity contribution is 5.91. The Morgan fingerprint density at radius 3 is 2.88 bits per heavy atom. The zero-order valence-corrected chi connectivity index (χ0v) is 10.1. The van der Waals surface area contributed by atoms with Crippen LogP contribution in [-0.2, 0) is 11.3 Å². The zero-order chi connectivity index (χ0) is 12.1. The maximum absolute atomic E-state index is 11.3. The Bertz CT molecular complexity index is 358. The van der Waals surface area contributed by atoms with Gasteiger partial charge in [0.1, 0.15) is 5.82 Å². The van der Waals surface area contributed by atoms with Gasteiger partial charge in [-0.05, 0) is 18.8 Å². The van der Waals surface area contributed by atoms with Crippen molar-refractivity contribution in [2.45, 2.75) is 33.2 Å². The van der Waals surface area contributed by atoms with Gasteiger partial charge in [0.15, 0.2) is 5.69 Å². The Balaban J connectivity index is 2.62. The number of hydrogen-bond acceptors (Lipinski definition) is 4. The molecule has 0 aliphatic rings. The quantitative estimate of drug-likeness (QED) is 0.774. The van der Waals surface area contributed by atoms with Gasteiger partial charge in [-0.15, -0.1) is 0 Å². The first kappa shape index (κ1) is 12.5. The number of ether oxygens (including phenoxy) is 1. The maximum Gasteiger partial charge on any atom is 0.360 e. The van der Waals surface area contributed by atoms with Crippen molar-refractivity contribution < 1.29 is 9.53 Å². The van der Waals surface area contributed by atoms with Crippen LogP contribution in [0.5, 0.6) is 0 Å². The fourth-order valence-electron chi connectivity index (χ4n) is 1.49. The summed E-state index contributed by atoms with van der Waals surface area (Å²) in [5.74, 6) is 0.570. The average Bonchev–Trinajstić information content (AvgIpc) is 2.59. The summed E-state index contributed by atoms with van der Waals surface area (Å²) in [7, 11) is 1.32. The number of esters is 1. The molecule has 16 heavy (non-hydrogen) atoms. The fraction of sp³-hybridized carbons (Fsp3) is 0.636. The van der Waals surface area contributed by atoms with Gasteiger partial charge in [-0.1, -0.05) is 13.8 Å². The highest BCUT2D eigenvalue weighted by atomic mass is 16.5. The van der Waals surface area contributed by atoms with Gasteiger partial charge >= 0.3 is 5.97 Å². The molecule has 0 fully saturated rings. The molecule has 5 heteroatoms. The van der Waals surface area contributed by atoms with Gasteiger partial charge in [-0.3, -0.25) is 0 Å². The van der Waals surface area contributed by atoms with Gasteiger partial charge in [0.05, 0.1) is 13.4 Å². The molecule has 5 nitrogen and oxygen atoms in total. The second-order valence-electron chi connectivity index (χ2n) is 4.20. The maximum atomic E-state index is 11.3. The van der Waals surface area contributed by atoms with Crippen molar-refractivity contribution in [1.29, 1.82) is 0 Å². The molecule has 90 valence electrons. The summed E-state index contributed by atoms with van der Waals surface area (Å²) in [6.45, 7) is 5.14. The molecule has 0 aliphatic heterocycles. The van der Waals surface area contributed by atoms with E-state index < -0.39 is 5.97 Å². The lowest BCUT2D eigenvalue weighted by atomic mass is 10.1. The molecule has 0 aliphatic carbocycles.